The average molecular weight is 532 g/mol. The van der Waals surface area contributed by atoms with Crippen molar-refractivity contribution in [2.75, 3.05) is 20.3 Å². The highest BCUT2D eigenvalue weighted by Crippen LogP contribution is 2.54. The van der Waals surface area contributed by atoms with Gasteiger partial charge in [-0.2, -0.15) is 13.2 Å². The Hall–Kier alpha value is -2.23. The first-order valence-corrected chi connectivity index (χ1v) is 13.2. The Bertz CT molecular complexity index is 982. The van der Waals surface area contributed by atoms with E-state index in [-0.39, 0.29) is 26.2 Å². The Kier molecular flexibility index (Phi) is 11.1. The first kappa shape index (κ1) is 30.0. The number of carbonyl (C=O) groups excluding carboxylic acids is 1. The lowest BCUT2D eigenvalue weighted by Gasteiger charge is -2.36. The second-order valence-corrected chi connectivity index (χ2v) is 10.2. The van der Waals surface area contributed by atoms with Gasteiger partial charge in [-0.25, -0.2) is 0 Å². The van der Waals surface area contributed by atoms with Crippen LogP contribution in [-0.2, 0) is 40.1 Å². The zero-order valence-electron chi connectivity index (χ0n) is 20.8. The third-order valence-electron chi connectivity index (χ3n) is 5.44. The van der Waals surface area contributed by atoms with E-state index in [2.05, 4.69) is 5.32 Å². The normalized spacial score (nSPS) is 15.6. The van der Waals surface area contributed by atoms with Gasteiger partial charge in [0, 0.05) is 19.1 Å². The quantitative estimate of drug-likeness (QED) is 0.311. The maximum atomic E-state index is 14.4. The molecule has 0 unspecified atom stereocenters. The molecule has 0 saturated carbocycles. The lowest BCUT2D eigenvalue weighted by Crippen LogP contribution is -2.57. The molecule has 2 rings (SSSR count). The van der Waals surface area contributed by atoms with E-state index < -0.39 is 42.7 Å². The number of rotatable bonds is 14. The van der Waals surface area contributed by atoms with Gasteiger partial charge < -0.3 is 23.8 Å². The van der Waals surface area contributed by atoms with Crippen LogP contribution in [0.15, 0.2) is 60.7 Å². The minimum Gasteiger partial charge on any atom is -0.374 e. The lowest BCUT2D eigenvalue weighted by molar-refractivity contribution is -0.266. The van der Waals surface area contributed by atoms with E-state index in [0.717, 1.165) is 24.8 Å². The van der Waals surface area contributed by atoms with Crippen molar-refractivity contribution in [3.05, 3.63) is 71.8 Å². The molecule has 0 aliphatic carbocycles. The van der Waals surface area contributed by atoms with Crippen molar-refractivity contribution in [2.45, 2.75) is 57.5 Å². The van der Waals surface area contributed by atoms with Crippen molar-refractivity contribution in [3.63, 3.8) is 0 Å². The highest BCUT2D eigenvalue weighted by atomic mass is 31.2. The SMILES string of the molecule is CCOP(=O)(OCC)[C@H](C[C@@H](C)OCc1ccccc1)NC(=O)[C@@](OC)(c1ccccc1)C(F)(F)F. The molecule has 11 heteroatoms. The van der Waals surface area contributed by atoms with Crippen LogP contribution in [0.1, 0.15) is 38.3 Å². The van der Waals surface area contributed by atoms with E-state index in [1.165, 1.54) is 18.2 Å². The summed E-state index contributed by atoms with van der Waals surface area (Å²) in [5, 5.41) is 2.28. The fourth-order valence-corrected chi connectivity index (χ4v) is 5.70. The second kappa shape index (κ2) is 13.4. The van der Waals surface area contributed by atoms with Crippen LogP contribution in [0.2, 0.25) is 0 Å². The summed E-state index contributed by atoms with van der Waals surface area (Å²) in [6.07, 6.45) is -5.89. The number of hydrogen-bond acceptors (Lipinski definition) is 6. The van der Waals surface area contributed by atoms with Crippen molar-refractivity contribution in [3.8, 4) is 0 Å². The summed E-state index contributed by atoms with van der Waals surface area (Å²) < 4.78 is 78.2. The molecule has 36 heavy (non-hydrogen) atoms. The zero-order chi connectivity index (χ0) is 26.8. The monoisotopic (exact) mass is 531 g/mol. The van der Waals surface area contributed by atoms with Crippen LogP contribution in [0.25, 0.3) is 0 Å². The molecule has 1 N–H and O–H groups in total. The Morgan fingerprint density at radius 1 is 0.972 bits per heavy atom. The van der Waals surface area contributed by atoms with Crippen LogP contribution in [0.5, 0.6) is 0 Å². The van der Waals surface area contributed by atoms with Crippen molar-refractivity contribution in [1.82, 2.24) is 5.32 Å². The Morgan fingerprint density at radius 3 is 1.97 bits per heavy atom. The van der Waals surface area contributed by atoms with E-state index in [0.29, 0.717) is 0 Å². The number of hydrogen-bond donors (Lipinski definition) is 1. The number of carbonyl (C=O) groups is 1. The number of benzene rings is 2. The van der Waals surface area contributed by atoms with Crippen LogP contribution >= 0.6 is 7.60 Å². The molecule has 2 aromatic rings. The maximum absolute atomic E-state index is 14.4. The van der Waals surface area contributed by atoms with Gasteiger partial charge in [0.25, 0.3) is 11.5 Å². The molecule has 0 fully saturated rings. The predicted octanol–water partition coefficient (Wildman–Crippen LogP) is 5.79. The third kappa shape index (κ3) is 7.17. The van der Waals surface area contributed by atoms with Crippen LogP contribution in [-0.4, -0.2) is 44.3 Å². The largest absolute Gasteiger partial charge is 0.430 e. The van der Waals surface area contributed by atoms with E-state index in [4.69, 9.17) is 18.5 Å². The summed E-state index contributed by atoms with van der Waals surface area (Å²) >= 11 is 0. The van der Waals surface area contributed by atoms with Crippen molar-refractivity contribution in [2.24, 2.45) is 0 Å². The molecule has 0 aliphatic rings. The van der Waals surface area contributed by atoms with Crippen molar-refractivity contribution < 1.29 is 41.1 Å². The molecule has 0 spiro atoms. The zero-order valence-corrected chi connectivity index (χ0v) is 21.7. The summed E-state index contributed by atoms with van der Waals surface area (Å²) in [5.74, 6) is -2.97. The maximum Gasteiger partial charge on any atom is 0.430 e. The molecule has 0 radical (unpaired) electrons. The van der Waals surface area contributed by atoms with Gasteiger partial charge in [-0.15, -0.1) is 0 Å². The van der Waals surface area contributed by atoms with Crippen LogP contribution in [0.4, 0.5) is 13.2 Å². The first-order chi connectivity index (χ1) is 17.0. The predicted molar refractivity (Wildman–Crippen MR) is 129 cm³/mol. The van der Waals surface area contributed by atoms with Gasteiger partial charge >= 0.3 is 13.8 Å². The van der Waals surface area contributed by atoms with E-state index in [1.54, 1.807) is 20.8 Å². The van der Waals surface area contributed by atoms with Crippen LogP contribution in [0, 0.1) is 0 Å². The molecule has 0 saturated heterocycles. The van der Waals surface area contributed by atoms with Crippen LogP contribution < -0.4 is 5.32 Å². The first-order valence-electron chi connectivity index (χ1n) is 11.6. The number of alkyl halides is 3. The summed E-state index contributed by atoms with van der Waals surface area (Å²) in [4.78, 5) is 13.3. The van der Waals surface area contributed by atoms with E-state index in [1.807, 2.05) is 30.3 Å². The summed E-state index contributed by atoms with van der Waals surface area (Å²) in [5.41, 5.74) is -2.89. The second-order valence-electron chi connectivity index (χ2n) is 7.96. The molecule has 2 aromatic carbocycles. The summed E-state index contributed by atoms with van der Waals surface area (Å²) in [6.45, 7) is 4.92. The summed E-state index contributed by atoms with van der Waals surface area (Å²) in [6, 6.07) is 15.8. The highest BCUT2D eigenvalue weighted by Gasteiger charge is 2.63. The Morgan fingerprint density at radius 2 is 1.50 bits per heavy atom. The number of amides is 1. The number of halogens is 3. The molecule has 3 atom stereocenters. The van der Waals surface area contributed by atoms with Crippen LogP contribution in [0.3, 0.4) is 0 Å². The van der Waals surface area contributed by atoms with E-state index >= 15 is 0 Å². The van der Waals surface area contributed by atoms with Gasteiger partial charge in [0.1, 0.15) is 5.78 Å². The molecular weight excluding hydrogens is 498 g/mol. The molecule has 7 nitrogen and oxygen atoms in total. The molecular formula is C25H33F3NO6P. The fraction of sp³-hybridized carbons (Fsp3) is 0.480. The number of methoxy groups -OCH3 is 1. The molecule has 0 heterocycles. The van der Waals surface area contributed by atoms with Crippen molar-refractivity contribution >= 4 is 13.5 Å². The van der Waals surface area contributed by atoms with Gasteiger partial charge in [-0.05, 0) is 26.3 Å². The molecule has 0 aromatic heterocycles. The minimum absolute atomic E-state index is 0.0454. The minimum atomic E-state index is -5.13. The van der Waals surface area contributed by atoms with Gasteiger partial charge in [0.05, 0.1) is 25.9 Å². The average Bonchev–Trinajstić information content (AvgIpc) is 2.84. The number of nitrogens with one attached hydrogen (secondary N) is 1. The third-order valence-corrected chi connectivity index (χ3v) is 7.78. The summed E-state index contributed by atoms with van der Waals surface area (Å²) in [7, 11) is -3.29. The molecule has 0 bridgehead atoms. The smallest absolute Gasteiger partial charge is 0.374 e. The Labute approximate surface area is 209 Å². The lowest BCUT2D eigenvalue weighted by atomic mass is 9.91. The van der Waals surface area contributed by atoms with Crippen molar-refractivity contribution in [1.29, 1.82) is 0 Å². The Balaban J connectivity index is 2.39. The molecule has 0 aliphatic heterocycles. The van der Waals surface area contributed by atoms with E-state index in [9.17, 15) is 22.5 Å². The highest BCUT2D eigenvalue weighted by molar-refractivity contribution is 7.54. The van der Waals surface area contributed by atoms with Gasteiger partial charge in [0.15, 0.2) is 0 Å². The molecule has 1 amide bonds. The van der Waals surface area contributed by atoms with Gasteiger partial charge in [-0.1, -0.05) is 60.7 Å². The number of ether oxygens (including phenoxy) is 2. The van der Waals surface area contributed by atoms with Gasteiger partial charge in [0.2, 0.25) is 0 Å². The van der Waals surface area contributed by atoms with Gasteiger partial charge in [-0.3, -0.25) is 9.36 Å². The standard InChI is InChI=1S/C25H33F3NO6P/c1-5-34-36(31,35-6-2)22(17-19(3)33-18-20-13-9-7-10-14-20)29-23(30)24(32-4,25(26,27)28)21-15-11-8-12-16-21/h7-16,19,22H,5-6,17-18H2,1-4H3,(H,29,30)/t19-,22-,24+/m1/s1. The topological polar surface area (TPSA) is 83.1 Å². The fourth-order valence-electron chi connectivity index (χ4n) is 3.71. The molecule has 200 valence electrons.